The van der Waals surface area contributed by atoms with Crippen LogP contribution in [0, 0.1) is 0 Å². The predicted molar refractivity (Wildman–Crippen MR) is 86.7 cm³/mol. The van der Waals surface area contributed by atoms with Crippen LogP contribution in [0.2, 0.25) is 0 Å². The molecule has 0 amide bonds. The van der Waals surface area contributed by atoms with Gasteiger partial charge in [0.2, 0.25) is 0 Å². The third-order valence-corrected chi connectivity index (χ3v) is 6.03. The second kappa shape index (κ2) is 6.65. The molecule has 0 bridgehead atoms. The molecule has 6 heteroatoms. The van der Waals surface area contributed by atoms with Crippen molar-refractivity contribution >= 4 is 29.2 Å². The maximum absolute atomic E-state index is 12.0. The maximum atomic E-state index is 12.0. The molecule has 0 saturated carbocycles. The summed E-state index contributed by atoms with van der Waals surface area (Å²) in [5, 5.41) is 4.09. The summed E-state index contributed by atoms with van der Waals surface area (Å²) in [7, 11) is 0. The van der Waals surface area contributed by atoms with Crippen molar-refractivity contribution in [3.63, 3.8) is 0 Å². The van der Waals surface area contributed by atoms with Crippen molar-refractivity contribution in [3.05, 3.63) is 46.5 Å². The lowest BCUT2D eigenvalue weighted by molar-refractivity contribution is 0.673. The van der Waals surface area contributed by atoms with E-state index in [-0.39, 0.29) is 5.56 Å². The van der Waals surface area contributed by atoms with Gasteiger partial charge < -0.3 is 5.32 Å². The van der Waals surface area contributed by atoms with Gasteiger partial charge in [-0.2, -0.15) is 23.5 Å². The topological polar surface area (TPSA) is 46.4 Å². The standard InChI is InChI=1S/C14H17N3OS2/c18-14-7-11(16-13-3-1-2-4-17(13)14)8-15-9-12-10-19-5-6-20-12/h1-4,7,12,15H,5-6,8-10H2. The summed E-state index contributed by atoms with van der Waals surface area (Å²) < 4.78 is 1.57. The number of aromatic nitrogens is 2. The van der Waals surface area contributed by atoms with Crippen molar-refractivity contribution < 1.29 is 0 Å². The summed E-state index contributed by atoms with van der Waals surface area (Å²) >= 11 is 4.06. The maximum Gasteiger partial charge on any atom is 0.258 e. The van der Waals surface area contributed by atoms with Crippen LogP contribution in [-0.4, -0.2) is 38.4 Å². The lowest BCUT2D eigenvalue weighted by Crippen LogP contribution is -2.29. The summed E-state index contributed by atoms with van der Waals surface area (Å²) in [6.45, 7) is 1.63. The molecule has 1 aliphatic rings. The number of hydrogen-bond donors (Lipinski definition) is 1. The second-order valence-electron chi connectivity index (χ2n) is 4.71. The first-order valence-electron chi connectivity index (χ1n) is 6.70. The Labute approximate surface area is 126 Å². The monoisotopic (exact) mass is 307 g/mol. The average molecular weight is 307 g/mol. The first kappa shape index (κ1) is 14.0. The van der Waals surface area contributed by atoms with Crippen LogP contribution >= 0.6 is 23.5 Å². The molecule has 1 fully saturated rings. The Bertz CT molecular complexity index is 638. The third-order valence-electron chi connectivity index (χ3n) is 3.19. The highest BCUT2D eigenvalue weighted by molar-refractivity contribution is 8.06. The number of pyridine rings is 1. The van der Waals surface area contributed by atoms with E-state index in [0.717, 1.165) is 12.2 Å². The van der Waals surface area contributed by atoms with Gasteiger partial charge in [-0.15, -0.1) is 0 Å². The summed E-state index contributed by atoms with van der Waals surface area (Å²) in [5.74, 6) is 3.72. The fourth-order valence-electron chi connectivity index (χ4n) is 2.21. The molecule has 1 saturated heterocycles. The molecule has 1 aliphatic heterocycles. The van der Waals surface area contributed by atoms with Gasteiger partial charge in [-0.3, -0.25) is 9.20 Å². The van der Waals surface area contributed by atoms with Crippen LogP contribution in [0.5, 0.6) is 0 Å². The van der Waals surface area contributed by atoms with Gasteiger partial charge >= 0.3 is 0 Å². The van der Waals surface area contributed by atoms with E-state index < -0.39 is 0 Å². The first-order valence-corrected chi connectivity index (χ1v) is 8.91. The number of fused-ring (bicyclic) bond motifs is 1. The lowest BCUT2D eigenvalue weighted by atomic mass is 10.3. The largest absolute Gasteiger partial charge is 0.310 e. The summed E-state index contributed by atoms with van der Waals surface area (Å²) in [4.78, 5) is 16.5. The Morgan fingerprint density at radius 3 is 3.20 bits per heavy atom. The minimum absolute atomic E-state index is 0.0185. The zero-order valence-corrected chi connectivity index (χ0v) is 12.8. The smallest absolute Gasteiger partial charge is 0.258 e. The van der Waals surface area contributed by atoms with E-state index in [0.29, 0.717) is 17.4 Å². The zero-order chi connectivity index (χ0) is 13.8. The molecule has 1 N–H and O–H groups in total. The number of hydrogen-bond acceptors (Lipinski definition) is 5. The van der Waals surface area contributed by atoms with Gasteiger partial charge in [0, 0.05) is 47.9 Å². The van der Waals surface area contributed by atoms with Crippen LogP contribution in [0.4, 0.5) is 0 Å². The van der Waals surface area contributed by atoms with Gasteiger partial charge in [-0.25, -0.2) is 4.98 Å². The molecule has 0 spiro atoms. The second-order valence-corrected chi connectivity index (χ2v) is 7.27. The molecule has 0 aliphatic carbocycles. The van der Waals surface area contributed by atoms with Crippen LogP contribution in [0.3, 0.4) is 0 Å². The molecule has 1 unspecified atom stereocenters. The molecular weight excluding hydrogens is 290 g/mol. The lowest BCUT2D eigenvalue weighted by Gasteiger charge is -2.21. The number of nitrogens with zero attached hydrogens (tertiary/aromatic N) is 2. The van der Waals surface area contributed by atoms with E-state index in [1.165, 1.54) is 17.3 Å². The number of thioether (sulfide) groups is 2. The van der Waals surface area contributed by atoms with Crippen LogP contribution in [0.15, 0.2) is 35.3 Å². The normalized spacial score (nSPS) is 19.3. The van der Waals surface area contributed by atoms with Crippen molar-refractivity contribution in [2.45, 2.75) is 11.8 Å². The molecule has 3 heterocycles. The molecule has 3 rings (SSSR count). The molecule has 0 radical (unpaired) electrons. The SMILES string of the molecule is O=c1cc(CNCC2CSCCS2)nc2ccccn12. The molecular formula is C14H17N3OS2. The third kappa shape index (κ3) is 3.37. The van der Waals surface area contributed by atoms with Crippen LogP contribution < -0.4 is 10.9 Å². The van der Waals surface area contributed by atoms with Gasteiger partial charge in [0.1, 0.15) is 5.65 Å². The van der Waals surface area contributed by atoms with E-state index in [9.17, 15) is 4.79 Å². The molecule has 1 atom stereocenters. The highest BCUT2D eigenvalue weighted by atomic mass is 32.2. The summed E-state index contributed by atoms with van der Waals surface area (Å²) in [6.07, 6.45) is 1.75. The van der Waals surface area contributed by atoms with Gasteiger partial charge in [0.05, 0.1) is 5.69 Å². The Morgan fingerprint density at radius 2 is 2.35 bits per heavy atom. The molecule has 106 valence electrons. The Hall–Kier alpha value is -0.980. The minimum atomic E-state index is -0.0185. The van der Waals surface area contributed by atoms with Crippen molar-refractivity contribution in [3.8, 4) is 0 Å². The zero-order valence-electron chi connectivity index (χ0n) is 11.1. The van der Waals surface area contributed by atoms with Crippen LogP contribution in [0.25, 0.3) is 5.65 Å². The van der Waals surface area contributed by atoms with Crippen LogP contribution in [-0.2, 0) is 6.54 Å². The van der Waals surface area contributed by atoms with Crippen LogP contribution in [0.1, 0.15) is 5.69 Å². The van der Waals surface area contributed by atoms with E-state index in [1.807, 2.05) is 41.7 Å². The first-order chi connectivity index (χ1) is 9.83. The average Bonchev–Trinajstić information content (AvgIpc) is 2.48. The molecule has 4 nitrogen and oxygen atoms in total. The number of nitrogens with one attached hydrogen (secondary N) is 1. The molecule has 2 aromatic heterocycles. The van der Waals surface area contributed by atoms with E-state index >= 15 is 0 Å². The van der Waals surface area contributed by atoms with E-state index in [4.69, 9.17) is 0 Å². The van der Waals surface area contributed by atoms with Crippen molar-refractivity contribution in [2.75, 3.05) is 23.8 Å². The van der Waals surface area contributed by atoms with Crippen molar-refractivity contribution in [1.82, 2.24) is 14.7 Å². The summed E-state index contributed by atoms with van der Waals surface area (Å²) in [6, 6.07) is 7.21. The highest BCUT2D eigenvalue weighted by Gasteiger charge is 2.13. The molecule has 0 aromatic carbocycles. The Balaban J connectivity index is 1.64. The Morgan fingerprint density at radius 1 is 1.40 bits per heavy atom. The summed E-state index contributed by atoms with van der Waals surface area (Å²) in [5.41, 5.74) is 1.50. The molecule has 2 aromatic rings. The minimum Gasteiger partial charge on any atom is -0.310 e. The number of rotatable bonds is 4. The van der Waals surface area contributed by atoms with Crippen molar-refractivity contribution in [1.29, 1.82) is 0 Å². The fraction of sp³-hybridized carbons (Fsp3) is 0.429. The predicted octanol–water partition coefficient (Wildman–Crippen LogP) is 1.63. The van der Waals surface area contributed by atoms with E-state index in [2.05, 4.69) is 10.3 Å². The fourth-order valence-corrected chi connectivity index (χ4v) is 4.86. The van der Waals surface area contributed by atoms with E-state index in [1.54, 1.807) is 16.7 Å². The van der Waals surface area contributed by atoms with Gasteiger partial charge in [0.15, 0.2) is 0 Å². The molecule has 20 heavy (non-hydrogen) atoms. The van der Waals surface area contributed by atoms with Gasteiger partial charge in [-0.05, 0) is 12.1 Å². The van der Waals surface area contributed by atoms with Gasteiger partial charge in [-0.1, -0.05) is 6.07 Å². The Kier molecular flexibility index (Phi) is 4.65. The van der Waals surface area contributed by atoms with Gasteiger partial charge in [0.25, 0.3) is 5.56 Å². The quantitative estimate of drug-likeness (QED) is 0.930. The van der Waals surface area contributed by atoms with Crippen molar-refractivity contribution in [2.24, 2.45) is 0 Å². The highest BCUT2D eigenvalue weighted by Crippen LogP contribution is 2.23.